The summed E-state index contributed by atoms with van der Waals surface area (Å²) in [5.74, 6) is -1.70. The van der Waals surface area contributed by atoms with Gasteiger partial charge in [-0.1, -0.05) is 0 Å². The van der Waals surface area contributed by atoms with Gasteiger partial charge in [0.2, 0.25) is 0 Å². The Balaban J connectivity index is 2.79. The summed E-state index contributed by atoms with van der Waals surface area (Å²) in [5, 5.41) is 0. The van der Waals surface area contributed by atoms with Gasteiger partial charge in [0.15, 0.2) is 9.84 Å². The van der Waals surface area contributed by atoms with Crippen LogP contribution in [0.15, 0.2) is 12.2 Å². The van der Waals surface area contributed by atoms with Crippen LogP contribution in [0.4, 0.5) is 0 Å². The topological polar surface area (TPSA) is 71.5 Å². The first kappa shape index (κ1) is 8.92. The molecule has 0 N–H and O–H groups in total. The third-order valence-corrected chi connectivity index (χ3v) is 1.99. The molecule has 0 aromatic rings. The summed E-state index contributed by atoms with van der Waals surface area (Å²) in [6.45, 7) is 0. The van der Waals surface area contributed by atoms with Gasteiger partial charge in [-0.15, -0.1) is 0 Å². The molecule has 6 heteroatoms. The summed E-state index contributed by atoms with van der Waals surface area (Å²) in [6.07, 6.45) is 3.06. The first-order valence-electron chi connectivity index (χ1n) is 3.11. The van der Waals surface area contributed by atoms with Gasteiger partial charge in [-0.05, 0) is 0 Å². The lowest BCUT2D eigenvalue weighted by Gasteiger charge is -2.10. The molecule has 0 saturated carbocycles. The van der Waals surface area contributed by atoms with Crippen molar-refractivity contribution in [2.24, 2.45) is 0 Å². The summed E-state index contributed by atoms with van der Waals surface area (Å²) >= 11 is 0. The van der Waals surface area contributed by atoms with Crippen LogP contribution in [0.5, 0.6) is 0 Å². The van der Waals surface area contributed by atoms with E-state index in [0.717, 1.165) is 18.4 Å². The molecule has 1 rings (SSSR count). The van der Waals surface area contributed by atoms with Crippen LogP contribution in [-0.4, -0.2) is 37.3 Å². The minimum atomic E-state index is -3.33. The maximum absolute atomic E-state index is 10.8. The third kappa shape index (κ3) is 1.91. The molecule has 0 aromatic carbocycles. The molecule has 0 spiro atoms. The number of rotatable bonds is 2. The number of hydrogen-bond acceptors (Lipinski definition) is 4. The van der Waals surface area contributed by atoms with Crippen molar-refractivity contribution in [3.8, 4) is 0 Å². The highest BCUT2D eigenvalue weighted by Crippen LogP contribution is 2.04. The molecule has 0 aromatic heterocycles. The Hall–Kier alpha value is -1.17. The van der Waals surface area contributed by atoms with E-state index in [2.05, 4.69) is 0 Å². The smallest absolute Gasteiger partial charge is 0.254 e. The van der Waals surface area contributed by atoms with Gasteiger partial charge in [0, 0.05) is 18.4 Å². The van der Waals surface area contributed by atoms with Crippen molar-refractivity contribution in [3.05, 3.63) is 12.2 Å². The number of imide groups is 1. The molecule has 0 saturated heterocycles. The van der Waals surface area contributed by atoms with Crippen LogP contribution in [0.25, 0.3) is 0 Å². The number of sulfone groups is 1. The summed E-state index contributed by atoms with van der Waals surface area (Å²) in [5.41, 5.74) is 0. The van der Waals surface area contributed by atoms with E-state index < -0.39 is 27.5 Å². The molecule has 0 bridgehead atoms. The Bertz CT molecular complexity index is 336. The summed E-state index contributed by atoms with van der Waals surface area (Å²) in [4.78, 5) is 22.3. The summed E-state index contributed by atoms with van der Waals surface area (Å²) in [7, 11) is -3.33. The van der Waals surface area contributed by atoms with E-state index in [0.29, 0.717) is 4.90 Å². The zero-order chi connectivity index (χ0) is 9.35. The average Bonchev–Trinajstić information content (AvgIpc) is 2.16. The maximum atomic E-state index is 10.8. The Morgan fingerprint density at radius 3 is 2.00 bits per heavy atom. The molecular formula is C6H7NO4S. The molecule has 5 nitrogen and oxygen atoms in total. The molecule has 66 valence electrons. The molecule has 0 unspecified atom stereocenters. The highest BCUT2D eigenvalue weighted by atomic mass is 32.2. The van der Waals surface area contributed by atoms with E-state index in [1.54, 1.807) is 0 Å². The van der Waals surface area contributed by atoms with Crippen molar-refractivity contribution in [2.45, 2.75) is 0 Å². The van der Waals surface area contributed by atoms with Crippen molar-refractivity contribution >= 4 is 21.7 Å². The molecule has 0 fully saturated rings. The van der Waals surface area contributed by atoms with E-state index in [1.807, 2.05) is 0 Å². The predicted octanol–water partition coefficient (Wildman–Crippen LogP) is -1.09. The molecule has 0 radical (unpaired) electrons. The first-order valence-corrected chi connectivity index (χ1v) is 5.17. The Kier molecular flexibility index (Phi) is 2.01. The van der Waals surface area contributed by atoms with Crippen molar-refractivity contribution in [1.29, 1.82) is 0 Å². The maximum Gasteiger partial charge on any atom is 0.254 e. The van der Waals surface area contributed by atoms with E-state index in [-0.39, 0.29) is 0 Å². The van der Waals surface area contributed by atoms with E-state index in [1.165, 1.54) is 0 Å². The molecule has 1 aliphatic rings. The van der Waals surface area contributed by atoms with Crippen LogP contribution in [0.1, 0.15) is 0 Å². The van der Waals surface area contributed by atoms with Gasteiger partial charge < -0.3 is 0 Å². The van der Waals surface area contributed by atoms with Gasteiger partial charge in [0.25, 0.3) is 11.8 Å². The summed E-state index contributed by atoms with van der Waals surface area (Å²) in [6, 6.07) is 0. The van der Waals surface area contributed by atoms with E-state index in [4.69, 9.17) is 0 Å². The molecule has 1 aliphatic heterocycles. The number of carbonyl (C=O) groups is 2. The largest absolute Gasteiger partial charge is 0.269 e. The zero-order valence-electron chi connectivity index (χ0n) is 6.35. The predicted molar refractivity (Wildman–Crippen MR) is 40.7 cm³/mol. The fourth-order valence-electron chi connectivity index (χ4n) is 0.793. The van der Waals surface area contributed by atoms with E-state index >= 15 is 0 Å². The van der Waals surface area contributed by atoms with Gasteiger partial charge in [0.1, 0.15) is 5.88 Å². The number of hydrogen-bond donors (Lipinski definition) is 0. The molecular weight excluding hydrogens is 182 g/mol. The van der Waals surface area contributed by atoms with Gasteiger partial charge >= 0.3 is 0 Å². The fourth-order valence-corrected chi connectivity index (χ4v) is 1.52. The second kappa shape index (κ2) is 2.71. The Labute approximate surface area is 69.6 Å². The van der Waals surface area contributed by atoms with Crippen LogP contribution >= 0.6 is 0 Å². The van der Waals surface area contributed by atoms with Crippen LogP contribution in [0, 0.1) is 0 Å². The van der Waals surface area contributed by atoms with Gasteiger partial charge in [-0.2, -0.15) is 0 Å². The fraction of sp³-hybridized carbons (Fsp3) is 0.333. The van der Waals surface area contributed by atoms with Crippen molar-refractivity contribution in [2.75, 3.05) is 12.1 Å². The normalized spacial score (nSPS) is 17.6. The summed E-state index contributed by atoms with van der Waals surface area (Å²) < 4.78 is 21.4. The minimum Gasteiger partial charge on any atom is -0.269 e. The lowest BCUT2D eigenvalue weighted by molar-refractivity contribution is -0.135. The van der Waals surface area contributed by atoms with Crippen molar-refractivity contribution in [3.63, 3.8) is 0 Å². The Morgan fingerprint density at radius 1 is 1.25 bits per heavy atom. The van der Waals surface area contributed by atoms with Gasteiger partial charge in [-0.3, -0.25) is 14.5 Å². The Morgan fingerprint density at radius 2 is 1.67 bits per heavy atom. The lowest BCUT2D eigenvalue weighted by Crippen LogP contribution is -2.34. The molecule has 1 heterocycles. The first-order chi connectivity index (χ1) is 5.40. The highest BCUT2D eigenvalue weighted by molar-refractivity contribution is 7.90. The standard InChI is InChI=1S/C6H7NO4S/c1-12(10,11)4-7-5(8)2-3-6(7)9/h2-3H,4H2,1H3. The van der Waals surface area contributed by atoms with Gasteiger partial charge in [0.05, 0.1) is 0 Å². The van der Waals surface area contributed by atoms with Crippen LogP contribution in [-0.2, 0) is 19.4 Å². The third-order valence-electron chi connectivity index (χ3n) is 1.26. The van der Waals surface area contributed by atoms with Crippen LogP contribution in [0.3, 0.4) is 0 Å². The lowest BCUT2D eigenvalue weighted by atomic mass is 10.6. The van der Waals surface area contributed by atoms with Crippen molar-refractivity contribution in [1.82, 2.24) is 4.90 Å². The number of nitrogens with zero attached hydrogens (tertiary/aromatic N) is 1. The SMILES string of the molecule is CS(=O)(=O)CN1C(=O)C=CC1=O. The van der Waals surface area contributed by atoms with Crippen molar-refractivity contribution < 1.29 is 18.0 Å². The van der Waals surface area contributed by atoms with E-state index in [9.17, 15) is 18.0 Å². The molecule has 12 heavy (non-hydrogen) atoms. The second-order valence-electron chi connectivity index (χ2n) is 2.49. The van der Waals surface area contributed by atoms with Gasteiger partial charge in [-0.25, -0.2) is 8.42 Å². The van der Waals surface area contributed by atoms with Crippen LogP contribution in [0.2, 0.25) is 0 Å². The van der Waals surface area contributed by atoms with Crippen LogP contribution < -0.4 is 0 Å². The number of carbonyl (C=O) groups excluding carboxylic acids is 2. The zero-order valence-corrected chi connectivity index (χ0v) is 7.17. The molecule has 0 aliphatic carbocycles. The highest BCUT2D eigenvalue weighted by Gasteiger charge is 2.26. The minimum absolute atomic E-state index is 0.544. The molecule has 2 amide bonds. The quantitative estimate of drug-likeness (QED) is 0.518. The monoisotopic (exact) mass is 189 g/mol. The second-order valence-corrected chi connectivity index (χ2v) is 4.60. The average molecular weight is 189 g/mol. The number of amides is 2. The molecule has 0 atom stereocenters.